The first kappa shape index (κ1) is 14.6. The molecular formula is C15H10N2O6. The van der Waals surface area contributed by atoms with Gasteiger partial charge in [0, 0.05) is 22.1 Å². The van der Waals surface area contributed by atoms with Crippen LogP contribution in [0.25, 0.3) is 10.8 Å². The summed E-state index contributed by atoms with van der Waals surface area (Å²) in [6, 6.07) is 5.51. The second kappa shape index (κ2) is 4.87. The van der Waals surface area contributed by atoms with Gasteiger partial charge < -0.3 is 5.11 Å². The molecule has 0 bridgehead atoms. The molecule has 0 radical (unpaired) electrons. The fraction of sp³-hybridized carbons (Fsp3) is 0.133. The number of hydrogen-bond acceptors (Lipinski definition) is 5. The third-order valence-corrected chi connectivity index (χ3v) is 3.90. The number of carbonyl (C=O) groups excluding carboxylic acids is 2. The van der Waals surface area contributed by atoms with Gasteiger partial charge in [-0.05, 0) is 25.1 Å². The number of nitrogens with zero attached hydrogens (tertiary/aromatic N) is 1. The number of carboxylic acid groups (broad SMARTS) is 1. The quantitative estimate of drug-likeness (QED) is 0.505. The summed E-state index contributed by atoms with van der Waals surface area (Å²) < 4.78 is 0. The van der Waals surface area contributed by atoms with Gasteiger partial charge in [0.05, 0.1) is 16.2 Å². The number of nitro groups is 1. The number of aliphatic carboxylic acids is 1. The van der Waals surface area contributed by atoms with Crippen LogP contribution in [0.4, 0.5) is 5.69 Å². The number of carboxylic acids is 1. The summed E-state index contributed by atoms with van der Waals surface area (Å²) in [6.45, 7) is 1.30. The first-order valence-electron chi connectivity index (χ1n) is 6.65. The van der Waals surface area contributed by atoms with E-state index in [4.69, 9.17) is 0 Å². The number of imide groups is 1. The molecule has 2 amide bonds. The Morgan fingerprint density at radius 1 is 1.26 bits per heavy atom. The number of nitrogens with one attached hydrogen (secondary N) is 1. The lowest BCUT2D eigenvalue weighted by Crippen LogP contribution is -2.35. The zero-order valence-electron chi connectivity index (χ0n) is 11.8. The van der Waals surface area contributed by atoms with Crippen molar-refractivity contribution in [3.63, 3.8) is 0 Å². The van der Waals surface area contributed by atoms with E-state index in [2.05, 4.69) is 5.32 Å². The minimum absolute atomic E-state index is 0.0592. The van der Waals surface area contributed by atoms with Gasteiger partial charge in [-0.3, -0.25) is 29.8 Å². The van der Waals surface area contributed by atoms with Gasteiger partial charge in [-0.1, -0.05) is 6.07 Å². The second-order valence-electron chi connectivity index (χ2n) is 5.19. The summed E-state index contributed by atoms with van der Waals surface area (Å²) in [7, 11) is 0. The number of nitro benzene ring substituents is 1. The molecule has 0 saturated carbocycles. The van der Waals surface area contributed by atoms with Crippen molar-refractivity contribution in [3.8, 4) is 0 Å². The summed E-state index contributed by atoms with van der Waals surface area (Å²) in [6.07, 6.45) is 0. The van der Waals surface area contributed by atoms with E-state index >= 15 is 0 Å². The summed E-state index contributed by atoms with van der Waals surface area (Å²) >= 11 is 0. The number of rotatable bonds is 3. The van der Waals surface area contributed by atoms with E-state index in [-0.39, 0.29) is 27.5 Å². The molecule has 1 heterocycles. The Bertz CT molecular complexity index is 918. The molecule has 1 atom stereocenters. The molecule has 0 spiro atoms. The fourth-order valence-corrected chi connectivity index (χ4v) is 2.76. The zero-order chi connectivity index (χ0) is 16.9. The van der Waals surface area contributed by atoms with Gasteiger partial charge in [0.2, 0.25) is 0 Å². The third-order valence-electron chi connectivity index (χ3n) is 3.90. The lowest BCUT2D eigenvalue weighted by atomic mass is 9.88. The third kappa shape index (κ3) is 2.03. The van der Waals surface area contributed by atoms with Gasteiger partial charge in [-0.25, -0.2) is 0 Å². The zero-order valence-corrected chi connectivity index (χ0v) is 11.8. The van der Waals surface area contributed by atoms with Crippen molar-refractivity contribution in [1.82, 2.24) is 5.32 Å². The van der Waals surface area contributed by atoms with E-state index in [9.17, 15) is 29.6 Å². The monoisotopic (exact) mass is 314 g/mol. The van der Waals surface area contributed by atoms with Gasteiger partial charge >= 0.3 is 5.97 Å². The highest BCUT2D eigenvalue weighted by Gasteiger charge is 2.33. The molecule has 116 valence electrons. The maximum atomic E-state index is 12.1. The molecule has 0 aliphatic carbocycles. The highest BCUT2D eigenvalue weighted by molar-refractivity contribution is 6.26. The molecule has 1 unspecified atom stereocenters. The molecule has 1 aliphatic rings. The van der Waals surface area contributed by atoms with Crippen LogP contribution in [-0.4, -0.2) is 27.8 Å². The molecular weight excluding hydrogens is 304 g/mol. The Labute approximate surface area is 128 Å². The summed E-state index contributed by atoms with van der Waals surface area (Å²) in [5, 5.41) is 23.1. The SMILES string of the molecule is CC(C(=O)O)c1cc2c3c(cccc3c1[N+](=O)[O-])C(=O)NC2=O. The second-order valence-corrected chi connectivity index (χ2v) is 5.19. The van der Waals surface area contributed by atoms with Gasteiger partial charge in [-0.15, -0.1) is 0 Å². The minimum Gasteiger partial charge on any atom is -0.481 e. The largest absolute Gasteiger partial charge is 0.481 e. The molecule has 8 nitrogen and oxygen atoms in total. The average molecular weight is 314 g/mol. The fourth-order valence-electron chi connectivity index (χ4n) is 2.76. The number of carbonyl (C=O) groups is 3. The van der Waals surface area contributed by atoms with E-state index in [1.165, 1.54) is 31.2 Å². The van der Waals surface area contributed by atoms with Crippen LogP contribution in [0, 0.1) is 10.1 Å². The molecule has 8 heteroatoms. The Kier molecular flexibility index (Phi) is 3.10. The van der Waals surface area contributed by atoms with Gasteiger partial charge in [0.15, 0.2) is 0 Å². The predicted octanol–water partition coefficient (Wildman–Crippen LogP) is 1.82. The van der Waals surface area contributed by atoms with Gasteiger partial charge in [-0.2, -0.15) is 0 Å². The lowest BCUT2D eigenvalue weighted by Gasteiger charge is -2.19. The highest BCUT2D eigenvalue weighted by Crippen LogP contribution is 2.39. The number of benzene rings is 2. The molecule has 2 aromatic rings. The smallest absolute Gasteiger partial charge is 0.310 e. The standard InChI is InChI=1S/C15H10N2O6/c1-6(15(20)21)9-5-10-11-7(12(9)17(22)23)3-2-4-8(11)13(18)16-14(10)19/h2-6H,1H3,(H,20,21)(H,16,18,19). The molecule has 2 N–H and O–H groups in total. The first-order chi connectivity index (χ1) is 10.8. The Hall–Kier alpha value is -3.29. The van der Waals surface area contributed by atoms with Crippen LogP contribution < -0.4 is 5.32 Å². The lowest BCUT2D eigenvalue weighted by molar-refractivity contribution is -0.383. The maximum Gasteiger partial charge on any atom is 0.310 e. The molecule has 23 heavy (non-hydrogen) atoms. The molecule has 1 aliphatic heterocycles. The first-order valence-corrected chi connectivity index (χ1v) is 6.65. The van der Waals surface area contributed by atoms with Crippen molar-refractivity contribution in [1.29, 1.82) is 0 Å². The minimum atomic E-state index is -1.25. The highest BCUT2D eigenvalue weighted by atomic mass is 16.6. The Balaban J connectivity index is 2.51. The molecule has 2 aromatic carbocycles. The number of hydrogen-bond donors (Lipinski definition) is 2. The average Bonchev–Trinajstić information content (AvgIpc) is 2.50. The number of amides is 2. The van der Waals surface area contributed by atoms with Crippen molar-refractivity contribution in [2.75, 3.05) is 0 Å². The van der Waals surface area contributed by atoms with E-state index < -0.39 is 34.3 Å². The topological polar surface area (TPSA) is 127 Å². The summed E-state index contributed by atoms with van der Waals surface area (Å²) in [4.78, 5) is 46.0. The van der Waals surface area contributed by atoms with Crippen molar-refractivity contribution >= 4 is 34.2 Å². The Morgan fingerprint density at radius 2 is 1.91 bits per heavy atom. The van der Waals surface area contributed by atoms with Crippen LogP contribution in [0.3, 0.4) is 0 Å². The van der Waals surface area contributed by atoms with Crippen molar-refractivity contribution < 1.29 is 24.4 Å². The van der Waals surface area contributed by atoms with E-state index in [1.807, 2.05) is 0 Å². The van der Waals surface area contributed by atoms with Crippen molar-refractivity contribution in [2.45, 2.75) is 12.8 Å². The summed E-state index contributed by atoms with van der Waals surface area (Å²) in [5.74, 6) is -3.76. The van der Waals surface area contributed by atoms with E-state index in [0.29, 0.717) is 0 Å². The normalized spacial score (nSPS) is 14.5. The van der Waals surface area contributed by atoms with Crippen LogP contribution in [0.15, 0.2) is 24.3 Å². The van der Waals surface area contributed by atoms with Crippen LogP contribution in [-0.2, 0) is 4.79 Å². The van der Waals surface area contributed by atoms with E-state index in [0.717, 1.165) is 0 Å². The Morgan fingerprint density at radius 3 is 2.52 bits per heavy atom. The van der Waals surface area contributed by atoms with Crippen molar-refractivity contribution in [3.05, 3.63) is 51.1 Å². The van der Waals surface area contributed by atoms with Gasteiger partial charge in [0.1, 0.15) is 0 Å². The molecule has 0 fully saturated rings. The van der Waals surface area contributed by atoms with Gasteiger partial charge in [0.25, 0.3) is 17.5 Å². The molecule has 3 rings (SSSR count). The van der Waals surface area contributed by atoms with E-state index in [1.54, 1.807) is 0 Å². The van der Waals surface area contributed by atoms with Crippen molar-refractivity contribution in [2.24, 2.45) is 0 Å². The van der Waals surface area contributed by atoms with Crippen LogP contribution >= 0.6 is 0 Å². The van der Waals surface area contributed by atoms with Crippen LogP contribution in [0.5, 0.6) is 0 Å². The predicted molar refractivity (Wildman–Crippen MR) is 78.4 cm³/mol. The van der Waals surface area contributed by atoms with Crippen LogP contribution in [0.2, 0.25) is 0 Å². The molecule has 0 aromatic heterocycles. The molecule has 0 saturated heterocycles. The summed E-state index contributed by atoms with van der Waals surface area (Å²) in [5.41, 5.74) is -0.270. The maximum absolute atomic E-state index is 12.1. The van der Waals surface area contributed by atoms with Crippen LogP contribution in [0.1, 0.15) is 39.1 Å².